The Hall–Kier alpha value is -6.72. The molecular formula is C51H37N5. The minimum absolute atomic E-state index is 0.459. The number of aromatic nitrogens is 5. The first-order chi connectivity index (χ1) is 27.8. The molecule has 3 heterocycles. The smallest absolute Gasteiger partial charge is 0.164 e. The van der Waals surface area contributed by atoms with Gasteiger partial charge in [-0.1, -0.05) is 109 Å². The molecule has 0 fully saturated rings. The SMILES string of the molecule is C1=CC(c2nc(-c3ccccc3)nc(-c3ccc4c(c3)C3(C5=C4CCC=C5)C4=C(CCC=C4)c4ccc(-n5c6ccccc6c6ncccc65)cc43)n2)=CCC1. The molecule has 0 amide bonds. The Morgan fingerprint density at radius 1 is 0.536 bits per heavy atom. The van der Waals surface area contributed by atoms with E-state index in [9.17, 15) is 0 Å². The predicted molar refractivity (Wildman–Crippen MR) is 227 cm³/mol. The van der Waals surface area contributed by atoms with E-state index in [1.807, 2.05) is 30.5 Å². The quantitative estimate of drug-likeness (QED) is 0.182. The highest BCUT2D eigenvalue weighted by Gasteiger charge is 2.53. The van der Waals surface area contributed by atoms with Crippen molar-refractivity contribution >= 4 is 38.7 Å². The minimum atomic E-state index is -0.459. The Labute approximate surface area is 325 Å². The molecule has 56 heavy (non-hydrogen) atoms. The molecule has 0 saturated heterocycles. The number of nitrogens with zero attached hydrogens (tertiary/aromatic N) is 5. The lowest BCUT2D eigenvalue weighted by atomic mass is 9.67. The summed E-state index contributed by atoms with van der Waals surface area (Å²) in [6.07, 6.45) is 24.3. The molecule has 0 aliphatic heterocycles. The van der Waals surface area contributed by atoms with Crippen LogP contribution in [0, 0.1) is 0 Å². The molecule has 7 aromatic rings. The molecular weight excluding hydrogens is 683 g/mol. The largest absolute Gasteiger partial charge is 0.308 e. The van der Waals surface area contributed by atoms with Crippen LogP contribution >= 0.6 is 0 Å². The summed E-state index contributed by atoms with van der Waals surface area (Å²) < 4.78 is 2.41. The number of hydrogen-bond donors (Lipinski definition) is 0. The summed E-state index contributed by atoms with van der Waals surface area (Å²) in [6, 6.07) is 37.4. The van der Waals surface area contributed by atoms with Crippen molar-refractivity contribution in [1.82, 2.24) is 24.5 Å². The molecule has 5 heteroatoms. The molecule has 4 aromatic carbocycles. The summed E-state index contributed by atoms with van der Waals surface area (Å²) >= 11 is 0. The highest BCUT2D eigenvalue weighted by Crippen LogP contribution is 2.64. The number of fused-ring (bicyclic) bond motifs is 11. The van der Waals surface area contributed by atoms with Gasteiger partial charge < -0.3 is 4.57 Å². The van der Waals surface area contributed by atoms with Crippen LogP contribution in [0.4, 0.5) is 0 Å². The highest BCUT2D eigenvalue weighted by molar-refractivity contribution is 6.07. The summed E-state index contributed by atoms with van der Waals surface area (Å²) in [5, 5.41) is 1.17. The zero-order valence-corrected chi connectivity index (χ0v) is 30.9. The number of benzene rings is 4. The maximum atomic E-state index is 5.21. The Balaban J connectivity index is 1.11. The van der Waals surface area contributed by atoms with Gasteiger partial charge >= 0.3 is 0 Å². The van der Waals surface area contributed by atoms with Gasteiger partial charge in [0.25, 0.3) is 0 Å². The lowest BCUT2D eigenvalue weighted by Gasteiger charge is -2.34. The van der Waals surface area contributed by atoms with Crippen LogP contribution in [0.5, 0.6) is 0 Å². The Bertz CT molecular complexity index is 2960. The minimum Gasteiger partial charge on any atom is -0.308 e. The van der Waals surface area contributed by atoms with E-state index in [-0.39, 0.29) is 0 Å². The molecule has 5 aliphatic rings. The molecule has 5 nitrogen and oxygen atoms in total. The third-order valence-corrected chi connectivity index (χ3v) is 12.5. The topological polar surface area (TPSA) is 56.5 Å². The molecule has 0 saturated carbocycles. The van der Waals surface area contributed by atoms with E-state index in [0.717, 1.165) is 77.8 Å². The van der Waals surface area contributed by atoms with Gasteiger partial charge in [0.1, 0.15) is 0 Å². The summed E-state index contributed by atoms with van der Waals surface area (Å²) in [7, 11) is 0. The van der Waals surface area contributed by atoms with Gasteiger partial charge in [-0.2, -0.15) is 0 Å². The molecule has 266 valence electrons. The summed E-state index contributed by atoms with van der Waals surface area (Å²) in [5.41, 5.74) is 18.2. The summed E-state index contributed by atoms with van der Waals surface area (Å²) in [6.45, 7) is 0. The fraction of sp³-hybridized carbons (Fsp3) is 0.137. The number of rotatable bonds is 4. The molecule has 0 N–H and O–H groups in total. The van der Waals surface area contributed by atoms with Gasteiger partial charge in [0.15, 0.2) is 17.5 Å². The fourth-order valence-corrected chi connectivity index (χ4v) is 10.2. The van der Waals surface area contributed by atoms with Crippen molar-refractivity contribution in [3.63, 3.8) is 0 Å². The lowest BCUT2D eigenvalue weighted by molar-refractivity contribution is 0.767. The zero-order valence-electron chi connectivity index (χ0n) is 30.9. The number of allylic oxidation sites excluding steroid dienone is 12. The van der Waals surface area contributed by atoms with Crippen molar-refractivity contribution in [2.24, 2.45) is 0 Å². The first kappa shape index (κ1) is 31.6. The van der Waals surface area contributed by atoms with Crippen LogP contribution in [0.15, 0.2) is 163 Å². The molecule has 3 aromatic heterocycles. The van der Waals surface area contributed by atoms with Crippen LogP contribution < -0.4 is 0 Å². The van der Waals surface area contributed by atoms with Crippen molar-refractivity contribution in [1.29, 1.82) is 0 Å². The van der Waals surface area contributed by atoms with E-state index in [1.54, 1.807) is 0 Å². The number of para-hydroxylation sites is 1. The molecule has 1 spiro atoms. The predicted octanol–water partition coefficient (Wildman–Crippen LogP) is 12.0. The average molecular weight is 720 g/mol. The van der Waals surface area contributed by atoms with Gasteiger partial charge in [0, 0.05) is 34.0 Å². The van der Waals surface area contributed by atoms with Crippen molar-refractivity contribution in [3.8, 4) is 28.5 Å². The normalized spacial score (nSPS) is 19.2. The van der Waals surface area contributed by atoms with Gasteiger partial charge in [-0.15, -0.1) is 0 Å². The fourth-order valence-electron chi connectivity index (χ4n) is 10.2. The standard InChI is InChI=1S/C51H37N5/c1-3-14-32(15-4-1)48-53-49(33-16-5-2-6-17-33)55-50(54-48)34-25-27-38-36-18-7-10-21-41(36)51(43(38)30-34)42-22-11-8-19-37(42)39-28-26-35(31-44(39)51)56-45-23-12-9-20-40(45)47-46(56)24-13-29-52-47/h1,3-5,9-17,20-31H,2,6-8,18-19H2. The molecule has 1 unspecified atom stereocenters. The van der Waals surface area contributed by atoms with Crippen molar-refractivity contribution < 1.29 is 0 Å². The maximum absolute atomic E-state index is 5.21. The lowest BCUT2D eigenvalue weighted by Crippen LogP contribution is -2.28. The van der Waals surface area contributed by atoms with E-state index < -0.39 is 5.41 Å². The maximum Gasteiger partial charge on any atom is 0.164 e. The molecule has 12 rings (SSSR count). The summed E-state index contributed by atoms with van der Waals surface area (Å²) in [5.74, 6) is 2.11. The van der Waals surface area contributed by atoms with E-state index in [2.05, 4.69) is 126 Å². The second kappa shape index (κ2) is 12.1. The Morgan fingerprint density at radius 3 is 2.00 bits per heavy atom. The van der Waals surface area contributed by atoms with Crippen LogP contribution in [0.2, 0.25) is 0 Å². The second-order valence-corrected chi connectivity index (χ2v) is 15.4. The van der Waals surface area contributed by atoms with Gasteiger partial charge in [0.2, 0.25) is 0 Å². The van der Waals surface area contributed by atoms with Crippen molar-refractivity contribution in [2.75, 3.05) is 0 Å². The first-order valence-corrected chi connectivity index (χ1v) is 19.9. The highest BCUT2D eigenvalue weighted by atomic mass is 15.0. The van der Waals surface area contributed by atoms with Crippen LogP contribution in [-0.4, -0.2) is 24.5 Å². The third-order valence-electron chi connectivity index (χ3n) is 12.5. The first-order valence-electron chi connectivity index (χ1n) is 19.9. The zero-order chi connectivity index (χ0) is 36.8. The molecule has 0 bridgehead atoms. The summed E-state index contributed by atoms with van der Waals surface area (Å²) in [4.78, 5) is 20.3. The molecule has 0 radical (unpaired) electrons. The van der Waals surface area contributed by atoms with Gasteiger partial charge in [0.05, 0.1) is 22.0 Å². The second-order valence-electron chi connectivity index (χ2n) is 15.4. The molecule has 5 aliphatic carbocycles. The van der Waals surface area contributed by atoms with E-state index in [0.29, 0.717) is 11.6 Å². The van der Waals surface area contributed by atoms with Crippen LogP contribution in [-0.2, 0) is 5.41 Å². The Kier molecular flexibility index (Phi) is 6.85. The third kappa shape index (κ3) is 4.42. The molecule has 1 atom stereocenters. The van der Waals surface area contributed by atoms with Gasteiger partial charge in [-0.3, -0.25) is 4.98 Å². The van der Waals surface area contributed by atoms with Gasteiger partial charge in [-0.25, -0.2) is 15.0 Å². The number of pyridine rings is 1. The van der Waals surface area contributed by atoms with E-state index >= 15 is 0 Å². The van der Waals surface area contributed by atoms with Crippen molar-refractivity contribution in [3.05, 3.63) is 191 Å². The van der Waals surface area contributed by atoms with Crippen LogP contribution in [0.25, 0.3) is 67.1 Å². The van der Waals surface area contributed by atoms with Crippen molar-refractivity contribution in [2.45, 2.75) is 43.9 Å². The Morgan fingerprint density at radius 2 is 1.21 bits per heavy atom. The number of hydrogen-bond acceptors (Lipinski definition) is 4. The van der Waals surface area contributed by atoms with E-state index in [4.69, 9.17) is 19.9 Å². The van der Waals surface area contributed by atoms with Crippen LogP contribution in [0.1, 0.15) is 66.6 Å². The monoisotopic (exact) mass is 719 g/mol. The van der Waals surface area contributed by atoms with Crippen LogP contribution in [0.3, 0.4) is 0 Å². The van der Waals surface area contributed by atoms with Gasteiger partial charge in [-0.05, 0) is 119 Å². The average Bonchev–Trinajstić information content (AvgIpc) is 3.88. The van der Waals surface area contributed by atoms with E-state index in [1.165, 1.54) is 55.4 Å².